The fourth-order valence-corrected chi connectivity index (χ4v) is 2.24. The molecule has 1 aromatic rings. The number of hydrogen-bond donors (Lipinski definition) is 1. The highest BCUT2D eigenvalue weighted by Crippen LogP contribution is 2.39. The summed E-state index contributed by atoms with van der Waals surface area (Å²) < 4.78 is 0. The van der Waals surface area contributed by atoms with Crippen LogP contribution < -0.4 is 10.6 Å². The van der Waals surface area contributed by atoms with Crippen LogP contribution in [-0.4, -0.2) is 23.1 Å². The van der Waals surface area contributed by atoms with Gasteiger partial charge in [0.05, 0.1) is 0 Å². The SMILES string of the molecule is CC(C)CC(C)N(C)c1cc(N)nc(C2CC2)n1. The van der Waals surface area contributed by atoms with Gasteiger partial charge < -0.3 is 10.6 Å². The van der Waals surface area contributed by atoms with E-state index in [1.54, 1.807) is 0 Å². The number of rotatable bonds is 5. The Kier molecular flexibility index (Phi) is 3.73. The van der Waals surface area contributed by atoms with E-state index in [0.717, 1.165) is 18.1 Å². The van der Waals surface area contributed by atoms with Crippen LogP contribution in [0, 0.1) is 5.92 Å². The van der Waals surface area contributed by atoms with Crippen molar-refractivity contribution in [2.24, 2.45) is 5.92 Å². The van der Waals surface area contributed by atoms with Crippen LogP contribution in [-0.2, 0) is 0 Å². The molecule has 1 fully saturated rings. The lowest BCUT2D eigenvalue weighted by Crippen LogP contribution is -2.31. The van der Waals surface area contributed by atoms with Gasteiger partial charge in [0.25, 0.3) is 0 Å². The quantitative estimate of drug-likeness (QED) is 0.870. The van der Waals surface area contributed by atoms with E-state index in [1.165, 1.54) is 12.8 Å². The van der Waals surface area contributed by atoms with E-state index < -0.39 is 0 Å². The summed E-state index contributed by atoms with van der Waals surface area (Å²) in [6, 6.07) is 2.34. The van der Waals surface area contributed by atoms with E-state index in [0.29, 0.717) is 23.7 Å². The van der Waals surface area contributed by atoms with E-state index in [2.05, 4.69) is 42.7 Å². The fraction of sp³-hybridized carbons (Fsp3) is 0.714. The maximum absolute atomic E-state index is 5.89. The highest BCUT2D eigenvalue weighted by atomic mass is 15.2. The van der Waals surface area contributed by atoms with Crippen molar-refractivity contribution in [3.05, 3.63) is 11.9 Å². The molecule has 0 amide bonds. The monoisotopic (exact) mass is 248 g/mol. The summed E-state index contributed by atoms with van der Waals surface area (Å²) in [4.78, 5) is 11.2. The Balaban J connectivity index is 2.15. The Bertz CT molecular complexity index is 412. The zero-order valence-electron chi connectivity index (χ0n) is 11.8. The summed E-state index contributed by atoms with van der Waals surface area (Å²) in [6.07, 6.45) is 3.56. The Morgan fingerprint density at radius 3 is 2.56 bits per heavy atom. The predicted molar refractivity (Wildman–Crippen MR) is 75.7 cm³/mol. The molecule has 4 heteroatoms. The van der Waals surface area contributed by atoms with Crippen molar-refractivity contribution >= 4 is 11.6 Å². The van der Waals surface area contributed by atoms with Gasteiger partial charge in [-0.25, -0.2) is 9.97 Å². The minimum absolute atomic E-state index is 0.464. The van der Waals surface area contributed by atoms with Crippen LogP contribution in [0.25, 0.3) is 0 Å². The molecule has 0 spiro atoms. The summed E-state index contributed by atoms with van der Waals surface area (Å²) in [5.74, 6) is 3.70. The number of anilines is 2. The second-order valence-electron chi connectivity index (χ2n) is 5.87. The van der Waals surface area contributed by atoms with Crippen molar-refractivity contribution in [1.82, 2.24) is 9.97 Å². The fourth-order valence-electron chi connectivity index (χ4n) is 2.24. The number of nitrogens with zero attached hydrogens (tertiary/aromatic N) is 3. The van der Waals surface area contributed by atoms with Gasteiger partial charge in [0.1, 0.15) is 17.5 Å². The summed E-state index contributed by atoms with van der Waals surface area (Å²) in [7, 11) is 2.09. The van der Waals surface area contributed by atoms with Crippen LogP contribution in [0.15, 0.2) is 6.07 Å². The van der Waals surface area contributed by atoms with Crippen LogP contribution >= 0.6 is 0 Å². The van der Waals surface area contributed by atoms with Gasteiger partial charge in [0.15, 0.2) is 0 Å². The topological polar surface area (TPSA) is 55.0 Å². The number of aromatic nitrogens is 2. The first-order valence-corrected chi connectivity index (χ1v) is 6.84. The Morgan fingerprint density at radius 2 is 2.00 bits per heavy atom. The molecule has 18 heavy (non-hydrogen) atoms. The molecule has 1 aromatic heterocycles. The second kappa shape index (κ2) is 5.12. The molecule has 1 aliphatic carbocycles. The first kappa shape index (κ1) is 13.1. The molecule has 0 aromatic carbocycles. The lowest BCUT2D eigenvalue weighted by atomic mass is 10.0. The third kappa shape index (κ3) is 3.12. The van der Waals surface area contributed by atoms with Crippen LogP contribution in [0.1, 0.15) is 51.8 Å². The first-order valence-electron chi connectivity index (χ1n) is 6.84. The smallest absolute Gasteiger partial charge is 0.136 e. The highest BCUT2D eigenvalue weighted by molar-refractivity contribution is 5.47. The van der Waals surface area contributed by atoms with E-state index in [4.69, 9.17) is 5.73 Å². The summed E-state index contributed by atoms with van der Waals surface area (Å²) >= 11 is 0. The van der Waals surface area contributed by atoms with Gasteiger partial charge in [-0.15, -0.1) is 0 Å². The van der Waals surface area contributed by atoms with Crippen LogP contribution in [0.2, 0.25) is 0 Å². The first-order chi connectivity index (χ1) is 8.47. The van der Waals surface area contributed by atoms with Gasteiger partial charge in [-0.3, -0.25) is 0 Å². The zero-order valence-corrected chi connectivity index (χ0v) is 11.8. The molecule has 100 valence electrons. The molecule has 1 heterocycles. The van der Waals surface area contributed by atoms with E-state index >= 15 is 0 Å². The number of nitrogens with two attached hydrogens (primary N) is 1. The zero-order chi connectivity index (χ0) is 13.3. The lowest BCUT2D eigenvalue weighted by molar-refractivity contribution is 0.501. The molecule has 0 saturated heterocycles. The van der Waals surface area contributed by atoms with Gasteiger partial charge in [-0.2, -0.15) is 0 Å². The number of nitrogen functional groups attached to an aromatic ring is 1. The predicted octanol–water partition coefficient (Wildman–Crippen LogP) is 2.81. The van der Waals surface area contributed by atoms with Crippen molar-refractivity contribution in [1.29, 1.82) is 0 Å². The van der Waals surface area contributed by atoms with E-state index in [9.17, 15) is 0 Å². The van der Waals surface area contributed by atoms with Crippen LogP contribution in [0.4, 0.5) is 11.6 Å². The van der Waals surface area contributed by atoms with Crippen molar-refractivity contribution in [3.63, 3.8) is 0 Å². The maximum Gasteiger partial charge on any atom is 0.136 e. The van der Waals surface area contributed by atoms with Crippen molar-refractivity contribution in [3.8, 4) is 0 Å². The van der Waals surface area contributed by atoms with Crippen molar-refractivity contribution < 1.29 is 0 Å². The van der Waals surface area contributed by atoms with E-state index in [-0.39, 0.29) is 0 Å². The molecule has 1 atom stereocenters. The average molecular weight is 248 g/mol. The molecule has 4 nitrogen and oxygen atoms in total. The van der Waals surface area contributed by atoms with Crippen LogP contribution in [0.5, 0.6) is 0 Å². The number of hydrogen-bond acceptors (Lipinski definition) is 4. The molecule has 0 bridgehead atoms. The normalized spacial score (nSPS) is 16.9. The third-order valence-electron chi connectivity index (χ3n) is 3.53. The molecule has 2 N–H and O–H groups in total. The minimum atomic E-state index is 0.464. The average Bonchev–Trinajstić information content (AvgIpc) is 3.09. The van der Waals surface area contributed by atoms with Crippen molar-refractivity contribution in [2.45, 2.75) is 52.0 Å². The Labute approximate surface area is 110 Å². The highest BCUT2D eigenvalue weighted by Gasteiger charge is 2.27. The summed E-state index contributed by atoms with van der Waals surface area (Å²) in [5.41, 5.74) is 5.89. The molecular formula is C14H24N4. The second-order valence-corrected chi connectivity index (χ2v) is 5.87. The van der Waals surface area contributed by atoms with Gasteiger partial charge in [-0.05, 0) is 32.1 Å². The standard InChI is InChI=1S/C14H24N4/c1-9(2)7-10(3)18(4)13-8-12(15)16-14(17-13)11-5-6-11/h8-11H,5-7H2,1-4H3,(H2,15,16,17). The largest absolute Gasteiger partial charge is 0.384 e. The summed E-state index contributed by atoms with van der Waals surface area (Å²) in [6.45, 7) is 6.72. The van der Waals surface area contributed by atoms with Gasteiger partial charge in [0, 0.05) is 25.1 Å². The molecule has 1 unspecified atom stereocenters. The third-order valence-corrected chi connectivity index (χ3v) is 3.53. The minimum Gasteiger partial charge on any atom is -0.384 e. The Morgan fingerprint density at radius 1 is 1.33 bits per heavy atom. The Hall–Kier alpha value is -1.32. The molecule has 0 aliphatic heterocycles. The van der Waals surface area contributed by atoms with E-state index in [1.807, 2.05) is 6.07 Å². The molecule has 0 radical (unpaired) electrons. The maximum atomic E-state index is 5.89. The van der Waals surface area contributed by atoms with Gasteiger partial charge in [-0.1, -0.05) is 13.8 Å². The lowest BCUT2D eigenvalue weighted by Gasteiger charge is -2.27. The van der Waals surface area contributed by atoms with Gasteiger partial charge in [0.2, 0.25) is 0 Å². The van der Waals surface area contributed by atoms with Crippen molar-refractivity contribution in [2.75, 3.05) is 17.7 Å². The van der Waals surface area contributed by atoms with Gasteiger partial charge >= 0.3 is 0 Å². The molecular weight excluding hydrogens is 224 g/mol. The van der Waals surface area contributed by atoms with Crippen LogP contribution in [0.3, 0.4) is 0 Å². The molecule has 2 rings (SSSR count). The molecule has 1 saturated carbocycles. The molecule has 1 aliphatic rings. The summed E-state index contributed by atoms with van der Waals surface area (Å²) in [5, 5.41) is 0.